The van der Waals surface area contributed by atoms with Gasteiger partial charge >= 0.3 is 0 Å². The van der Waals surface area contributed by atoms with E-state index in [2.05, 4.69) is 31.4 Å². The second-order valence-corrected chi connectivity index (χ2v) is 9.40. The summed E-state index contributed by atoms with van der Waals surface area (Å²) in [4.78, 5) is 14.5. The zero-order valence-corrected chi connectivity index (χ0v) is 17.9. The fraction of sp³-hybridized carbons (Fsp3) is 0.667. The van der Waals surface area contributed by atoms with Gasteiger partial charge in [-0.05, 0) is 25.7 Å². The molecule has 0 unspecified atom stereocenters. The van der Waals surface area contributed by atoms with Crippen LogP contribution in [0.1, 0.15) is 55.5 Å². The van der Waals surface area contributed by atoms with E-state index in [4.69, 9.17) is 26.3 Å². The molecule has 2 aliphatic heterocycles. The molecule has 2 saturated carbocycles. The van der Waals surface area contributed by atoms with Crippen LogP contribution in [-0.4, -0.2) is 70.5 Å². The van der Waals surface area contributed by atoms with Gasteiger partial charge in [0.05, 0.1) is 19.3 Å². The van der Waals surface area contributed by atoms with E-state index in [0.717, 1.165) is 69.7 Å². The number of hydrogen-bond donors (Lipinski definition) is 2. The SMILES string of the molecule is Clc1c(Nc2cc(C3CCC3)[nH]n2)nc(C2CC2)nc1N1CCN(C2COC2)CC1. The number of ether oxygens (including phenoxy) is 1. The highest BCUT2D eigenvalue weighted by atomic mass is 35.5. The lowest BCUT2D eigenvalue weighted by Gasteiger charge is -2.43. The molecule has 4 fully saturated rings. The van der Waals surface area contributed by atoms with E-state index in [1.54, 1.807) is 0 Å². The van der Waals surface area contributed by atoms with Crippen molar-refractivity contribution < 1.29 is 4.74 Å². The van der Waals surface area contributed by atoms with Crippen LogP contribution in [0.2, 0.25) is 5.02 Å². The molecule has 2 aromatic rings. The Morgan fingerprint density at radius 2 is 1.83 bits per heavy atom. The Labute approximate surface area is 181 Å². The third kappa shape index (κ3) is 3.55. The van der Waals surface area contributed by atoms with E-state index in [0.29, 0.717) is 28.7 Å². The lowest BCUT2D eigenvalue weighted by Crippen LogP contribution is -2.56. The van der Waals surface area contributed by atoms with Crippen molar-refractivity contribution in [3.05, 3.63) is 22.6 Å². The maximum Gasteiger partial charge on any atom is 0.156 e. The quantitative estimate of drug-likeness (QED) is 0.729. The minimum atomic E-state index is 0.458. The summed E-state index contributed by atoms with van der Waals surface area (Å²) in [7, 11) is 0. The van der Waals surface area contributed by atoms with Crippen LogP contribution in [0.5, 0.6) is 0 Å². The topological polar surface area (TPSA) is 82.2 Å². The number of halogens is 1. The molecule has 0 radical (unpaired) electrons. The molecule has 2 saturated heterocycles. The fourth-order valence-corrected chi connectivity index (χ4v) is 4.70. The van der Waals surface area contributed by atoms with E-state index in [1.807, 2.05) is 0 Å². The number of anilines is 3. The normalized spacial score (nSPS) is 23.3. The number of H-pyrrole nitrogens is 1. The average Bonchev–Trinajstić information content (AvgIpc) is 3.42. The van der Waals surface area contributed by atoms with E-state index >= 15 is 0 Å². The molecule has 4 aliphatic rings. The van der Waals surface area contributed by atoms with Crippen molar-refractivity contribution in [2.75, 3.05) is 49.6 Å². The van der Waals surface area contributed by atoms with Crippen molar-refractivity contribution in [3.63, 3.8) is 0 Å². The summed E-state index contributed by atoms with van der Waals surface area (Å²) in [5, 5.41) is 11.6. The second kappa shape index (κ2) is 7.66. The summed E-state index contributed by atoms with van der Waals surface area (Å²) in [5.41, 5.74) is 1.20. The Balaban J connectivity index is 1.23. The van der Waals surface area contributed by atoms with Crippen LogP contribution in [0.4, 0.5) is 17.5 Å². The monoisotopic (exact) mass is 429 g/mol. The molecule has 0 atom stereocenters. The van der Waals surface area contributed by atoms with Gasteiger partial charge < -0.3 is 15.0 Å². The Hall–Kier alpha value is -1.90. The summed E-state index contributed by atoms with van der Waals surface area (Å²) < 4.78 is 5.35. The van der Waals surface area contributed by atoms with Crippen molar-refractivity contribution >= 4 is 29.1 Å². The number of rotatable bonds is 6. The van der Waals surface area contributed by atoms with E-state index in [1.165, 1.54) is 25.0 Å². The average molecular weight is 430 g/mol. The fourth-order valence-electron chi connectivity index (χ4n) is 4.45. The van der Waals surface area contributed by atoms with Gasteiger partial charge in [-0.15, -0.1) is 0 Å². The Morgan fingerprint density at radius 3 is 2.47 bits per heavy atom. The summed E-state index contributed by atoms with van der Waals surface area (Å²) in [6.45, 7) is 5.59. The summed E-state index contributed by atoms with van der Waals surface area (Å²) in [6.07, 6.45) is 6.10. The minimum absolute atomic E-state index is 0.458. The highest BCUT2D eigenvalue weighted by Gasteiger charge is 2.33. The van der Waals surface area contributed by atoms with Gasteiger partial charge in [-0.25, -0.2) is 9.97 Å². The van der Waals surface area contributed by atoms with Crippen LogP contribution in [0.3, 0.4) is 0 Å². The van der Waals surface area contributed by atoms with Crippen molar-refractivity contribution in [1.82, 2.24) is 25.1 Å². The molecular weight excluding hydrogens is 402 g/mol. The Morgan fingerprint density at radius 1 is 1.03 bits per heavy atom. The van der Waals surface area contributed by atoms with Crippen LogP contribution in [0.15, 0.2) is 6.07 Å². The standard InChI is InChI=1S/C21H28ClN7O/c22-18-20(23-17-10-16(26-27-17)13-2-1-3-13)24-19(14-4-5-14)25-21(18)29-8-6-28(7-9-29)15-11-30-12-15/h10,13-15H,1-9,11-12H2,(H2,23,24,25,26,27). The number of aromatic nitrogens is 4. The van der Waals surface area contributed by atoms with Crippen molar-refractivity contribution in [2.24, 2.45) is 0 Å². The molecule has 0 aromatic carbocycles. The van der Waals surface area contributed by atoms with Gasteiger partial charge in [0.2, 0.25) is 0 Å². The Bertz CT molecular complexity index is 914. The molecule has 9 heteroatoms. The number of nitrogens with zero attached hydrogens (tertiary/aromatic N) is 5. The van der Waals surface area contributed by atoms with Gasteiger partial charge in [0.1, 0.15) is 10.8 Å². The number of hydrogen-bond acceptors (Lipinski definition) is 7. The van der Waals surface area contributed by atoms with Crippen molar-refractivity contribution in [2.45, 2.75) is 50.0 Å². The molecule has 2 aliphatic carbocycles. The molecule has 160 valence electrons. The third-order valence-corrected chi connectivity index (χ3v) is 7.28. The zero-order chi connectivity index (χ0) is 20.1. The molecule has 0 bridgehead atoms. The van der Waals surface area contributed by atoms with Crippen LogP contribution < -0.4 is 10.2 Å². The number of piperazine rings is 1. The third-order valence-electron chi connectivity index (χ3n) is 6.93. The van der Waals surface area contributed by atoms with Gasteiger partial charge in [-0.3, -0.25) is 10.00 Å². The molecule has 6 rings (SSSR count). The molecule has 2 aromatic heterocycles. The van der Waals surface area contributed by atoms with Gasteiger partial charge in [0.25, 0.3) is 0 Å². The predicted molar refractivity (Wildman–Crippen MR) is 116 cm³/mol. The number of nitrogens with one attached hydrogen (secondary N) is 2. The van der Waals surface area contributed by atoms with E-state index in [-0.39, 0.29) is 0 Å². The maximum atomic E-state index is 6.83. The van der Waals surface area contributed by atoms with Crippen molar-refractivity contribution in [3.8, 4) is 0 Å². The van der Waals surface area contributed by atoms with Crippen LogP contribution in [0.25, 0.3) is 0 Å². The first-order chi connectivity index (χ1) is 14.7. The molecule has 30 heavy (non-hydrogen) atoms. The van der Waals surface area contributed by atoms with E-state index in [9.17, 15) is 0 Å². The van der Waals surface area contributed by atoms with Gasteiger partial charge in [0.15, 0.2) is 17.5 Å². The summed E-state index contributed by atoms with van der Waals surface area (Å²) >= 11 is 6.83. The van der Waals surface area contributed by atoms with Gasteiger partial charge in [0, 0.05) is 49.8 Å². The highest BCUT2D eigenvalue weighted by molar-refractivity contribution is 6.35. The Kier molecular flexibility index (Phi) is 4.81. The maximum absolute atomic E-state index is 6.83. The predicted octanol–water partition coefficient (Wildman–Crippen LogP) is 3.26. The number of aromatic amines is 1. The van der Waals surface area contributed by atoms with Crippen LogP contribution in [-0.2, 0) is 4.74 Å². The molecule has 4 heterocycles. The highest BCUT2D eigenvalue weighted by Crippen LogP contribution is 2.42. The van der Waals surface area contributed by atoms with Crippen LogP contribution >= 0.6 is 11.6 Å². The lowest BCUT2D eigenvalue weighted by atomic mass is 9.83. The zero-order valence-electron chi connectivity index (χ0n) is 17.1. The first kappa shape index (κ1) is 18.8. The summed E-state index contributed by atoms with van der Waals surface area (Å²) in [6, 6.07) is 2.68. The smallest absolute Gasteiger partial charge is 0.156 e. The van der Waals surface area contributed by atoms with Gasteiger partial charge in [-0.1, -0.05) is 18.0 Å². The largest absolute Gasteiger partial charge is 0.378 e. The van der Waals surface area contributed by atoms with Crippen molar-refractivity contribution in [1.29, 1.82) is 0 Å². The molecule has 2 N–H and O–H groups in total. The lowest BCUT2D eigenvalue weighted by molar-refractivity contribution is -0.0661. The first-order valence-electron chi connectivity index (χ1n) is 11.2. The summed E-state index contributed by atoms with van der Waals surface area (Å²) in [5.74, 6) is 4.28. The van der Waals surface area contributed by atoms with Crippen LogP contribution in [0, 0.1) is 0 Å². The molecule has 8 nitrogen and oxygen atoms in total. The van der Waals surface area contributed by atoms with E-state index < -0.39 is 0 Å². The second-order valence-electron chi connectivity index (χ2n) is 9.02. The molecule has 0 amide bonds. The van der Waals surface area contributed by atoms with Gasteiger partial charge in [-0.2, -0.15) is 5.10 Å². The first-order valence-corrected chi connectivity index (χ1v) is 11.6. The molecular formula is C21H28ClN7O. The minimum Gasteiger partial charge on any atom is -0.378 e. The molecule has 0 spiro atoms.